The topological polar surface area (TPSA) is 52.6 Å². The third-order valence-electron chi connectivity index (χ3n) is 1.71. The van der Waals surface area contributed by atoms with Crippen molar-refractivity contribution in [3.8, 4) is 11.8 Å². The number of rotatable bonds is 4. The lowest BCUT2D eigenvalue weighted by molar-refractivity contribution is -0.159. The lowest BCUT2D eigenvalue weighted by atomic mass is 10.0. The van der Waals surface area contributed by atoms with Crippen LogP contribution < -0.4 is 0 Å². The summed E-state index contributed by atoms with van der Waals surface area (Å²) in [7, 11) is 2.48. The van der Waals surface area contributed by atoms with Crippen LogP contribution in [0.3, 0.4) is 0 Å². The molecule has 0 rings (SSSR count). The molecule has 0 aromatic heterocycles. The SMILES string of the molecule is CC#CCCC(C(=O)OC)C(=O)OC. The van der Waals surface area contributed by atoms with Crippen molar-refractivity contribution < 1.29 is 19.1 Å². The third kappa shape index (κ3) is 3.94. The molecule has 0 fully saturated rings. The molecule has 0 spiro atoms. The van der Waals surface area contributed by atoms with Gasteiger partial charge in [-0.3, -0.25) is 9.59 Å². The second-order valence-electron chi connectivity index (χ2n) is 2.56. The van der Waals surface area contributed by atoms with Crippen molar-refractivity contribution in [2.24, 2.45) is 5.92 Å². The van der Waals surface area contributed by atoms with E-state index in [0.717, 1.165) is 0 Å². The molecule has 0 aromatic carbocycles. The van der Waals surface area contributed by atoms with Gasteiger partial charge >= 0.3 is 11.9 Å². The maximum Gasteiger partial charge on any atom is 0.320 e. The molecular weight excluding hydrogens is 184 g/mol. The highest BCUT2D eigenvalue weighted by molar-refractivity contribution is 5.94. The van der Waals surface area contributed by atoms with Crippen LogP contribution in [0, 0.1) is 17.8 Å². The van der Waals surface area contributed by atoms with Gasteiger partial charge in [0.25, 0.3) is 0 Å². The monoisotopic (exact) mass is 198 g/mol. The van der Waals surface area contributed by atoms with Crippen molar-refractivity contribution in [3.63, 3.8) is 0 Å². The molecule has 4 nitrogen and oxygen atoms in total. The second-order valence-corrected chi connectivity index (χ2v) is 2.56. The molecule has 0 radical (unpaired) electrons. The summed E-state index contributed by atoms with van der Waals surface area (Å²) in [5, 5.41) is 0. The van der Waals surface area contributed by atoms with Gasteiger partial charge in [0.15, 0.2) is 5.92 Å². The number of carbonyl (C=O) groups is 2. The van der Waals surface area contributed by atoms with Crippen LogP contribution >= 0.6 is 0 Å². The normalized spacial score (nSPS) is 8.86. The Balaban J connectivity index is 4.29. The van der Waals surface area contributed by atoms with E-state index >= 15 is 0 Å². The summed E-state index contributed by atoms with van der Waals surface area (Å²) in [6.45, 7) is 1.70. The van der Waals surface area contributed by atoms with E-state index in [9.17, 15) is 9.59 Å². The minimum atomic E-state index is -0.856. The molecule has 0 unspecified atom stereocenters. The first-order valence-corrected chi connectivity index (χ1v) is 4.22. The van der Waals surface area contributed by atoms with Crippen molar-refractivity contribution in [2.75, 3.05) is 14.2 Å². The smallest absolute Gasteiger partial charge is 0.320 e. The van der Waals surface area contributed by atoms with Crippen LogP contribution in [0.25, 0.3) is 0 Å². The zero-order chi connectivity index (χ0) is 11.0. The highest BCUT2D eigenvalue weighted by Gasteiger charge is 2.27. The predicted octanol–water partition coefficient (Wildman–Crippen LogP) is 0.752. The summed E-state index contributed by atoms with van der Waals surface area (Å²) >= 11 is 0. The van der Waals surface area contributed by atoms with Gasteiger partial charge in [0.05, 0.1) is 14.2 Å². The summed E-state index contributed by atoms with van der Waals surface area (Å²) in [4.78, 5) is 22.3. The molecule has 0 amide bonds. The van der Waals surface area contributed by atoms with Gasteiger partial charge in [-0.15, -0.1) is 11.8 Å². The lowest BCUT2D eigenvalue weighted by Gasteiger charge is -2.09. The first-order chi connectivity index (χ1) is 6.67. The molecular formula is C10H14O4. The molecule has 4 heteroatoms. The molecule has 0 N–H and O–H groups in total. The zero-order valence-electron chi connectivity index (χ0n) is 8.62. The van der Waals surface area contributed by atoms with E-state index in [2.05, 4.69) is 21.3 Å². The minimum absolute atomic E-state index is 0.334. The molecule has 0 aliphatic heterocycles. The first-order valence-electron chi connectivity index (χ1n) is 4.22. The molecule has 0 saturated carbocycles. The summed E-state index contributed by atoms with van der Waals surface area (Å²) in [6.07, 6.45) is 0.811. The molecule has 0 aliphatic rings. The van der Waals surface area contributed by atoms with Crippen LogP contribution in [0.5, 0.6) is 0 Å². The van der Waals surface area contributed by atoms with Gasteiger partial charge in [0, 0.05) is 6.42 Å². The standard InChI is InChI=1S/C10H14O4/c1-4-5-6-7-8(9(11)13-2)10(12)14-3/h8H,6-7H2,1-3H3. The molecule has 0 aromatic rings. The zero-order valence-corrected chi connectivity index (χ0v) is 8.62. The van der Waals surface area contributed by atoms with Gasteiger partial charge in [0.2, 0.25) is 0 Å². The van der Waals surface area contributed by atoms with Crippen LogP contribution in [0.1, 0.15) is 19.8 Å². The van der Waals surface area contributed by atoms with Crippen molar-refractivity contribution in [3.05, 3.63) is 0 Å². The van der Waals surface area contributed by atoms with Gasteiger partial charge in [-0.1, -0.05) is 0 Å². The minimum Gasteiger partial charge on any atom is -0.468 e. The fourth-order valence-corrected chi connectivity index (χ4v) is 0.958. The fourth-order valence-electron chi connectivity index (χ4n) is 0.958. The van der Waals surface area contributed by atoms with Crippen molar-refractivity contribution in [1.29, 1.82) is 0 Å². The number of carbonyl (C=O) groups excluding carboxylic acids is 2. The molecule has 0 heterocycles. The van der Waals surface area contributed by atoms with Gasteiger partial charge in [-0.05, 0) is 13.3 Å². The Labute approximate surface area is 83.6 Å². The molecule has 0 bridgehead atoms. The maximum atomic E-state index is 11.1. The number of esters is 2. The van der Waals surface area contributed by atoms with E-state index in [1.807, 2.05) is 0 Å². The molecule has 78 valence electrons. The summed E-state index contributed by atoms with van der Waals surface area (Å²) in [5.74, 6) is 3.45. The number of hydrogen-bond donors (Lipinski definition) is 0. The average Bonchev–Trinajstić information content (AvgIpc) is 2.22. The van der Waals surface area contributed by atoms with E-state index in [1.54, 1.807) is 6.92 Å². The summed E-state index contributed by atoms with van der Waals surface area (Å²) in [6, 6.07) is 0. The van der Waals surface area contributed by atoms with E-state index in [4.69, 9.17) is 0 Å². The highest BCUT2D eigenvalue weighted by Crippen LogP contribution is 2.10. The Bertz CT molecular complexity index is 243. The van der Waals surface area contributed by atoms with Gasteiger partial charge in [-0.25, -0.2) is 0 Å². The Morgan fingerprint density at radius 3 is 2.07 bits per heavy atom. The Morgan fingerprint density at radius 2 is 1.71 bits per heavy atom. The number of hydrogen-bond acceptors (Lipinski definition) is 4. The summed E-state index contributed by atoms with van der Waals surface area (Å²) in [5.41, 5.74) is 0. The third-order valence-corrected chi connectivity index (χ3v) is 1.71. The molecule has 14 heavy (non-hydrogen) atoms. The van der Waals surface area contributed by atoms with Crippen molar-refractivity contribution >= 4 is 11.9 Å². The Morgan fingerprint density at radius 1 is 1.21 bits per heavy atom. The molecule has 0 aliphatic carbocycles. The Hall–Kier alpha value is -1.50. The largest absolute Gasteiger partial charge is 0.468 e. The predicted molar refractivity (Wildman–Crippen MR) is 50.2 cm³/mol. The molecule has 0 saturated heterocycles. The van der Waals surface area contributed by atoms with Crippen LogP contribution in [-0.4, -0.2) is 26.2 Å². The van der Waals surface area contributed by atoms with Crippen LogP contribution in [0.4, 0.5) is 0 Å². The molecule has 0 atom stereocenters. The number of methoxy groups -OCH3 is 2. The Kier molecular flexibility index (Phi) is 6.21. The maximum absolute atomic E-state index is 11.1. The first kappa shape index (κ1) is 12.5. The van der Waals surface area contributed by atoms with E-state index in [-0.39, 0.29) is 0 Å². The van der Waals surface area contributed by atoms with Crippen molar-refractivity contribution in [1.82, 2.24) is 0 Å². The van der Waals surface area contributed by atoms with E-state index in [1.165, 1.54) is 14.2 Å². The van der Waals surface area contributed by atoms with Crippen LogP contribution in [-0.2, 0) is 19.1 Å². The van der Waals surface area contributed by atoms with E-state index in [0.29, 0.717) is 12.8 Å². The van der Waals surface area contributed by atoms with E-state index < -0.39 is 17.9 Å². The lowest BCUT2D eigenvalue weighted by Crippen LogP contribution is -2.26. The summed E-state index contributed by atoms with van der Waals surface area (Å²) < 4.78 is 8.96. The average molecular weight is 198 g/mol. The van der Waals surface area contributed by atoms with Crippen LogP contribution in [0.15, 0.2) is 0 Å². The van der Waals surface area contributed by atoms with Crippen LogP contribution in [0.2, 0.25) is 0 Å². The van der Waals surface area contributed by atoms with Gasteiger partial charge < -0.3 is 9.47 Å². The quantitative estimate of drug-likeness (QED) is 0.380. The highest BCUT2D eigenvalue weighted by atomic mass is 16.5. The number of ether oxygens (including phenoxy) is 2. The van der Waals surface area contributed by atoms with Gasteiger partial charge in [-0.2, -0.15) is 0 Å². The van der Waals surface area contributed by atoms with Crippen molar-refractivity contribution in [2.45, 2.75) is 19.8 Å². The fraction of sp³-hybridized carbons (Fsp3) is 0.600. The van der Waals surface area contributed by atoms with Gasteiger partial charge in [0.1, 0.15) is 0 Å². The second kappa shape index (κ2) is 6.96.